The molecule has 0 fully saturated rings. The van der Waals surface area contributed by atoms with Crippen LogP contribution in [0.4, 0.5) is 5.69 Å². The Balaban J connectivity index is 1.07. The maximum Gasteiger partial charge on any atom is 0.257 e. The summed E-state index contributed by atoms with van der Waals surface area (Å²) in [6.07, 6.45) is 3.54. The van der Waals surface area contributed by atoms with E-state index in [1.165, 1.54) is 28.6 Å². The Morgan fingerprint density at radius 2 is 1.52 bits per heavy atom. The predicted molar refractivity (Wildman–Crippen MR) is 190 cm³/mol. The first-order valence-corrected chi connectivity index (χ1v) is 16.2. The minimum Gasteiger partial charge on any atom is -0.493 e. The maximum absolute atomic E-state index is 13.6. The number of benzene rings is 4. The van der Waals surface area contributed by atoms with E-state index < -0.39 is 0 Å². The number of tetrazole rings is 1. The number of fused-ring (bicyclic) bond motifs is 2. The molecule has 50 heavy (non-hydrogen) atoms. The topological polar surface area (TPSA) is 126 Å². The number of hydrogen-bond donors (Lipinski definition) is 1. The SMILES string of the molecule is COc1cc2c(cc1OC)CN(CCc1ccc(-n3nnc(-c4cc(OC)c(OC)cc4NC(=O)c4cccc5cccnc45)n3)cc1)CC2. The fraction of sp³-hybridized carbons (Fsp3) is 0.237. The first kappa shape index (κ1) is 32.5. The van der Waals surface area contributed by atoms with Crippen LogP contribution < -0.4 is 24.3 Å². The molecule has 0 bridgehead atoms. The van der Waals surface area contributed by atoms with Crippen molar-refractivity contribution < 1.29 is 23.7 Å². The molecule has 0 atom stereocenters. The molecule has 0 spiro atoms. The molecular formula is C38H37N7O5. The molecule has 6 aromatic rings. The average molecular weight is 672 g/mol. The van der Waals surface area contributed by atoms with Crippen LogP contribution in [0.25, 0.3) is 28.0 Å². The van der Waals surface area contributed by atoms with Crippen LogP contribution in [-0.4, -0.2) is 77.5 Å². The van der Waals surface area contributed by atoms with E-state index >= 15 is 0 Å². The Morgan fingerprint density at radius 3 is 2.28 bits per heavy atom. The molecule has 3 heterocycles. The highest BCUT2D eigenvalue weighted by atomic mass is 16.5. The average Bonchev–Trinajstić information content (AvgIpc) is 3.66. The van der Waals surface area contributed by atoms with Crippen molar-refractivity contribution in [3.8, 4) is 40.1 Å². The molecule has 1 N–H and O–H groups in total. The monoisotopic (exact) mass is 671 g/mol. The lowest BCUT2D eigenvalue weighted by Crippen LogP contribution is -2.32. The third-order valence-corrected chi connectivity index (χ3v) is 8.98. The summed E-state index contributed by atoms with van der Waals surface area (Å²) in [4.78, 5) is 21.9. The first-order chi connectivity index (χ1) is 24.5. The fourth-order valence-corrected chi connectivity index (χ4v) is 6.29. The van der Waals surface area contributed by atoms with E-state index in [4.69, 9.17) is 18.9 Å². The molecule has 12 nitrogen and oxygen atoms in total. The molecule has 1 aliphatic rings. The van der Waals surface area contributed by atoms with Gasteiger partial charge < -0.3 is 24.3 Å². The van der Waals surface area contributed by atoms with E-state index in [1.807, 2.05) is 36.4 Å². The second-order valence-corrected chi connectivity index (χ2v) is 11.9. The molecule has 254 valence electrons. The molecule has 0 saturated carbocycles. The summed E-state index contributed by atoms with van der Waals surface area (Å²) >= 11 is 0. The summed E-state index contributed by atoms with van der Waals surface area (Å²) in [5.74, 6) is 2.42. The van der Waals surface area contributed by atoms with E-state index in [-0.39, 0.29) is 5.91 Å². The Hall–Kier alpha value is -6.01. The number of hydrogen-bond acceptors (Lipinski definition) is 10. The van der Waals surface area contributed by atoms with Gasteiger partial charge in [-0.2, -0.15) is 0 Å². The van der Waals surface area contributed by atoms with Gasteiger partial charge in [-0.25, -0.2) is 0 Å². The number of nitrogens with zero attached hydrogens (tertiary/aromatic N) is 6. The Morgan fingerprint density at radius 1 is 0.820 bits per heavy atom. The van der Waals surface area contributed by atoms with Crippen LogP contribution in [0.3, 0.4) is 0 Å². The number of para-hydroxylation sites is 1. The van der Waals surface area contributed by atoms with E-state index in [2.05, 4.69) is 54.9 Å². The van der Waals surface area contributed by atoms with Gasteiger partial charge >= 0.3 is 0 Å². The van der Waals surface area contributed by atoms with Crippen LogP contribution in [0.1, 0.15) is 27.0 Å². The first-order valence-electron chi connectivity index (χ1n) is 16.2. The lowest BCUT2D eigenvalue weighted by Gasteiger charge is -2.29. The molecular weight excluding hydrogens is 634 g/mol. The van der Waals surface area contributed by atoms with Gasteiger partial charge in [0.15, 0.2) is 23.0 Å². The van der Waals surface area contributed by atoms with Gasteiger partial charge in [0.2, 0.25) is 5.82 Å². The van der Waals surface area contributed by atoms with Crippen molar-refractivity contribution in [2.75, 3.05) is 46.8 Å². The predicted octanol–water partition coefficient (Wildman–Crippen LogP) is 5.77. The second-order valence-electron chi connectivity index (χ2n) is 11.9. The van der Waals surface area contributed by atoms with Gasteiger partial charge in [0, 0.05) is 37.3 Å². The third kappa shape index (κ3) is 6.52. The number of aromatic nitrogens is 5. The van der Waals surface area contributed by atoms with Crippen LogP contribution in [0.5, 0.6) is 23.0 Å². The number of ether oxygens (including phenoxy) is 4. The van der Waals surface area contributed by atoms with Crippen LogP contribution in [0.15, 0.2) is 85.1 Å². The number of carbonyl (C=O) groups is 1. The van der Waals surface area contributed by atoms with Gasteiger partial charge in [-0.3, -0.25) is 14.7 Å². The quantitative estimate of drug-likeness (QED) is 0.182. The van der Waals surface area contributed by atoms with Gasteiger partial charge in [0.25, 0.3) is 5.91 Å². The third-order valence-electron chi connectivity index (χ3n) is 8.98. The maximum atomic E-state index is 13.6. The summed E-state index contributed by atoms with van der Waals surface area (Å²) in [5, 5.41) is 17.2. The molecule has 0 radical (unpaired) electrons. The lowest BCUT2D eigenvalue weighted by molar-refractivity contribution is 0.102. The van der Waals surface area contributed by atoms with Crippen molar-refractivity contribution in [1.82, 2.24) is 30.1 Å². The molecule has 0 saturated heterocycles. The molecule has 12 heteroatoms. The minimum absolute atomic E-state index is 0.306. The smallest absolute Gasteiger partial charge is 0.257 e. The zero-order valence-corrected chi connectivity index (χ0v) is 28.3. The molecule has 0 unspecified atom stereocenters. The summed E-state index contributed by atoms with van der Waals surface area (Å²) in [7, 11) is 6.43. The number of rotatable bonds is 11. The van der Waals surface area contributed by atoms with Crippen LogP contribution >= 0.6 is 0 Å². The van der Waals surface area contributed by atoms with Crippen molar-refractivity contribution in [1.29, 1.82) is 0 Å². The van der Waals surface area contributed by atoms with Crippen molar-refractivity contribution >= 4 is 22.5 Å². The Labute approximate surface area is 289 Å². The highest BCUT2D eigenvalue weighted by Gasteiger charge is 2.22. The largest absolute Gasteiger partial charge is 0.493 e. The molecule has 4 aromatic carbocycles. The van der Waals surface area contributed by atoms with E-state index in [0.717, 1.165) is 55.0 Å². The van der Waals surface area contributed by atoms with Gasteiger partial charge in [-0.15, -0.1) is 15.0 Å². The number of amides is 1. The van der Waals surface area contributed by atoms with E-state index in [0.29, 0.717) is 39.7 Å². The molecule has 1 amide bonds. The van der Waals surface area contributed by atoms with E-state index in [1.54, 1.807) is 45.7 Å². The van der Waals surface area contributed by atoms with Gasteiger partial charge in [0.05, 0.1) is 56.5 Å². The number of methoxy groups -OCH3 is 4. The summed E-state index contributed by atoms with van der Waals surface area (Å²) in [6, 6.07) is 25.0. The van der Waals surface area contributed by atoms with Gasteiger partial charge in [-0.1, -0.05) is 30.3 Å². The van der Waals surface area contributed by atoms with Crippen molar-refractivity contribution in [3.63, 3.8) is 0 Å². The number of anilines is 1. The standard InChI is InChI=1S/C38H37N7O5/c1-47-32-19-26-15-18-44(23-27(26)20-33(32)48-2)17-14-24-10-12-28(13-11-24)45-42-37(41-43-45)30-21-34(49-3)35(50-4)22-31(30)40-38(46)29-9-5-7-25-8-6-16-39-36(25)29/h5-13,16,19-22H,14-15,17-18,23H2,1-4H3,(H,40,46). The van der Waals surface area contributed by atoms with Crippen molar-refractivity contribution in [2.45, 2.75) is 19.4 Å². The van der Waals surface area contributed by atoms with Crippen LogP contribution in [-0.2, 0) is 19.4 Å². The van der Waals surface area contributed by atoms with Crippen molar-refractivity contribution in [2.24, 2.45) is 0 Å². The Bertz CT molecular complexity index is 2160. The molecule has 2 aromatic heterocycles. The molecule has 0 aliphatic carbocycles. The van der Waals surface area contributed by atoms with Gasteiger partial charge in [-0.05, 0) is 77.2 Å². The highest BCUT2D eigenvalue weighted by Crippen LogP contribution is 2.38. The zero-order chi connectivity index (χ0) is 34.6. The summed E-state index contributed by atoms with van der Waals surface area (Å²) < 4.78 is 22.1. The lowest BCUT2D eigenvalue weighted by atomic mass is 9.98. The Kier molecular flexibility index (Phi) is 9.26. The summed E-state index contributed by atoms with van der Waals surface area (Å²) in [6.45, 7) is 2.79. The molecule has 1 aliphatic heterocycles. The fourth-order valence-electron chi connectivity index (χ4n) is 6.29. The van der Waals surface area contributed by atoms with Crippen LogP contribution in [0, 0.1) is 0 Å². The zero-order valence-electron chi connectivity index (χ0n) is 28.3. The number of pyridine rings is 1. The minimum atomic E-state index is -0.334. The van der Waals surface area contributed by atoms with E-state index in [9.17, 15) is 4.79 Å². The number of carbonyl (C=O) groups excluding carboxylic acids is 1. The van der Waals surface area contributed by atoms with Crippen LogP contribution in [0.2, 0.25) is 0 Å². The number of nitrogens with one attached hydrogen (secondary N) is 1. The van der Waals surface area contributed by atoms with Gasteiger partial charge in [0.1, 0.15) is 0 Å². The summed E-state index contributed by atoms with van der Waals surface area (Å²) in [5.41, 5.74) is 6.55. The normalized spacial score (nSPS) is 12.7. The van der Waals surface area contributed by atoms with Crippen molar-refractivity contribution in [3.05, 3.63) is 107 Å². The highest BCUT2D eigenvalue weighted by molar-refractivity contribution is 6.13. The molecule has 7 rings (SSSR count). The second kappa shape index (κ2) is 14.2.